The minimum atomic E-state index is -5.14. The van der Waals surface area contributed by atoms with Gasteiger partial charge in [0.2, 0.25) is 34.8 Å². The zero-order chi connectivity index (χ0) is 63.4. The predicted molar refractivity (Wildman–Crippen MR) is 311 cm³/mol. The lowest BCUT2D eigenvalue weighted by Crippen LogP contribution is -2.31. The minimum Gasteiger partial charge on any atom is -0.506 e. The summed E-state index contributed by atoms with van der Waals surface area (Å²) >= 11 is 5.88. The zero-order valence-electron chi connectivity index (χ0n) is 44.8. The van der Waals surface area contributed by atoms with Crippen LogP contribution in [-0.4, -0.2) is 60.7 Å². The molecule has 7 aromatic carbocycles. The maximum atomic E-state index is 14.3. The molecule has 0 amide bonds. The summed E-state index contributed by atoms with van der Waals surface area (Å²) in [6.07, 6.45) is 2.81. The van der Waals surface area contributed by atoms with Gasteiger partial charge in [-0.25, -0.2) is 34.7 Å². The van der Waals surface area contributed by atoms with Gasteiger partial charge in [-0.15, -0.1) is 0 Å². The molecule has 0 aliphatic heterocycles. The number of ether oxygens (including phenoxy) is 2. The Morgan fingerprint density at radius 3 is 1.50 bits per heavy atom. The van der Waals surface area contributed by atoms with Crippen LogP contribution in [0.1, 0.15) is 11.1 Å². The fraction of sp³-hybridized carbons (Fsp3) is 0.0690. The molecule has 4 heterocycles. The molecule has 0 bridgehead atoms. The fourth-order valence-electron chi connectivity index (χ4n) is 8.37. The molecular formula is C58H39Br2F7N6O13S2. The largest absolute Gasteiger partial charge is 0.506 e. The monoisotopic (exact) mass is 1380 g/mol. The van der Waals surface area contributed by atoms with E-state index in [-0.39, 0.29) is 59.7 Å². The number of benzene rings is 7. The average molecular weight is 1380 g/mol. The third-order valence-corrected chi connectivity index (χ3v) is 16.9. The maximum Gasteiger partial charge on any atom is 0.339 e. The molecule has 19 nitrogen and oxygen atoms in total. The molecule has 0 saturated heterocycles. The number of phenols is 2. The number of phenolic OH excluding ortho intramolecular Hbond substituents is 2. The van der Waals surface area contributed by atoms with E-state index in [0.717, 1.165) is 86.1 Å². The van der Waals surface area contributed by atoms with Crippen LogP contribution in [0.25, 0.3) is 33.2 Å². The quantitative estimate of drug-likeness (QED) is 0.0374. The van der Waals surface area contributed by atoms with Crippen molar-refractivity contribution in [1.29, 1.82) is 0 Å². The molecule has 4 aromatic heterocycles. The number of fused-ring (bicyclic) bond motifs is 2. The summed E-state index contributed by atoms with van der Waals surface area (Å²) in [7, 11) is -6.11. The number of rotatable bonds is 15. The number of methoxy groups -OCH3 is 2. The Kier molecular flexibility index (Phi) is 18.7. The highest BCUT2D eigenvalue weighted by molar-refractivity contribution is 9.10. The van der Waals surface area contributed by atoms with E-state index in [2.05, 4.69) is 51.7 Å². The Balaban J connectivity index is 0.000000171. The van der Waals surface area contributed by atoms with Gasteiger partial charge in [0.25, 0.3) is 21.1 Å². The molecule has 30 heteroatoms. The molecule has 0 radical (unpaired) electrons. The molecule has 0 aliphatic carbocycles. The summed E-state index contributed by atoms with van der Waals surface area (Å²) in [4.78, 5) is 24.4. The Hall–Kier alpha value is -9.65. The number of hydrogen-bond acceptors (Lipinski definition) is 16. The minimum absolute atomic E-state index is 0.00517. The first kappa shape index (κ1) is 62.9. The number of nitrogens with zero attached hydrogens (tertiary/aromatic N) is 5. The molecule has 0 unspecified atom stereocenters. The van der Waals surface area contributed by atoms with Crippen molar-refractivity contribution in [2.24, 2.45) is 0 Å². The maximum absolute atomic E-state index is 14.3. The van der Waals surface area contributed by atoms with Gasteiger partial charge in [0.1, 0.15) is 52.1 Å². The Bertz CT molecular complexity index is 4750. The van der Waals surface area contributed by atoms with Gasteiger partial charge >= 0.3 is 10.1 Å². The number of aromatic hydroxyl groups is 2. The number of anilines is 2. The Morgan fingerprint density at radius 1 is 0.557 bits per heavy atom. The summed E-state index contributed by atoms with van der Waals surface area (Å²) in [5.74, 6) is -14.3. The number of halogens is 9. The summed E-state index contributed by atoms with van der Waals surface area (Å²) in [5, 5.41) is 31.7. The molecule has 0 aliphatic rings. The first-order chi connectivity index (χ1) is 41.9. The smallest absolute Gasteiger partial charge is 0.339 e. The van der Waals surface area contributed by atoms with Gasteiger partial charge in [-0.3, -0.25) is 18.7 Å². The number of aromatic nitrogens is 4. The van der Waals surface area contributed by atoms with Gasteiger partial charge in [-0.2, -0.15) is 17.2 Å². The van der Waals surface area contributed by atoms with Crippen molar-refractivity contribution in [2.75, 3.05) is 23.8 Å². The van der Waals surface area contributed by atoms with Crippen LogP contribution in [0.3, 0.4) is 0 Å². The fourth-order valence-corrected chi connectivity index (χ4v) is 11.4. The second kappa shape index (κ2) is 26.1. The third kappa shape index (κ3) is 13.3. The number of sulfonamides is 1. The molecule has 0 fully saturated rings. The van der Waals surface area contributed by atoms with Crippen molar-refractivity contribution in [3.8, 4) is 40.1 Å². The number of pyridine rings is 2. The number of nitrogens with one attached hydrogen (secondary N) is 1. The second-order valence-corrected chi connectivity index (χ2v) is 23.3. The van der Waals surface area contributed by atoms with Gasteiger partial charge in [0.05, 0.1) is 57.0 Å². The standard InChI is InChI=1S/C26H19BrFN3O6S.C21H8BrF6NO5S.C11H12N2O2/c1-36-18-5-2-16(3-6-18)15-30(25-10-11-37-29-25)38(34,35)19-7-8-22-17(12-19)4-9-26(33)31(22)23-14-21(28)20(27)13-24(23)32;22-10-6-14(30)13(7-11(10)23)29-12-3-2-9(5-8(12)1-4-15(29)31)35(32,33)34-21-19(27)17(25)16(24)18(26)20(21)28;1-14-10-4-2-9(3-5-10)8-12-11-6-7-15-13-11/h2-14,32H,15H2,1H3;1-7,30H;2-7H,8H2,1H3,(H,12,13). The van der Waals surface area contributed by atoms with E-state index < -0.39 is 88.4 Å². The molecule has 454 valence electrons. The highest BCUT2D eigenvalue weighted by atomic mass is 79.9. The van der Waals surface area contributed by atoms with Crippen molar-refractivity contribution in [3.05, 3.63) is 240 Å². The topological polar surface area (TPSA) is 248 Å². The third-order valence-electron chi connectivity index (χ3n) is 12.7. The van der Waals surface area contributed by atoms with Crippen LogP contribution in [-0.2, 0) is 33.2 Å². The van der Waals surface area contributed by atoms with Crippen LogP contribution in [0.5, 0.6) is 28.7 Å². The zero-order valence-corrected chi connectivity index (χ0v) is 49.6. The first-order valence-electron chi connectivity index (χ1n) is 24.9. The molecular weight excluding hydrogens is 1350 g/mol. The molecule has 88 heavy (non-hydrogen) atoms. The summed E-state index contributed by atoms with van der Waals surface area (Å²) in [6, 6.07) is 33.7. The summed E-state index contributed by atoms with van der Waals surface area (Å²) in [5.41, 5.74) is 0.465. The van der Waals surface area contributed by atoms with Gasteiger partial charge in [0.15, 0.2) is 11.6 Å². The van der Waals surface area contributed by atoms with Crippen LogP contribution in [0.2, 0.25) is 0 Å². The molecule has 11 rings (SSSR count). The molecule has 0 spiro atoms. The molecule has 0 saturated carbocycles. The van der Waals surface area contributed by atoms with Crippen molar-refractivity contribution in [3.63, 3.8) is 0 Å². The van der Waals surface area contributed by atoms with E-state index >= 15 is 0 Å². The lowest BCUT2D eigenvalue weighted by Gasteiger charge is -2.22. The van der Waals surface area contributed by atoms with E-state index in [1.54, 1.807) is 37.4 Å². The van der Waals surface area contributed by atoms with Gasteiger partial charge in [-0.05, 0) is 128 Å². The SMILES string of the molecule is COc1ccc(CN(c2ccon2)S(=O)(=O)c2ccc3c(ccc(=O)n3-c3cc(F)c(Br)cc3O)c2)cc1.COc1ccc(CNc2ccon2)cc1.O=c1ccc2cc(S(=O)(=O)Oc3c(F)c(F)c(F)c(F)c3F)ccc2n1-c1cc(F)c(Br)cc1O. The van der Waals surface area contributed by atoms with Crippen LogP contribution >= 0.6 is 31.9 Å². The van der Waals surface area contributed by atoms with E-state index in [1.165, 1.54) is 61.6 Å². The number of hydrogen-bond donors (Lipinski definition) is 3. The van der Waals surface area contributed by atoms with E-state index in [9.17, 15) is 67.4 Å². The summed E-state index contributed by atoms with van der Waals surface area (Å²) < 4.78 is 176. The van der Waals surface area contributed by atoms with Gasteiger partial charge in [-0.1, -0.05) is 34.6 Å². The van der Waals surface area contributed by atoms with Crippen molar-refractivity contribution in [1.82, 2.24) is 19.4 Å². The van der Waals surface area contributed by atoms with Crippen LogP contribution in [0.4, 0.5) is 42.4 Å². The Labute approximate surface area is 509 Å². The lowest BCUT2D eigenvalue weighted by atomic mass is 10.2. The highest BCUT2D eigenvalue weighted by Gasteiger charge is 2.32. The predicted octanol–water partition coefficient (Wildman–Crippen LogP) is 12.3. The van der Waals surface area contributed by atoms with Crippen LogP contribution in [0.15, 0.2) is 195 Å². The van der Waals surface area contributed by atoms with E-state index in [1.807, 2.05) is 24.3 Å². The van der Waals surface area contributed by atoms with E-state index in [4.69, 9.17) is 18.5 Å². The van der Waals surface area contributed by atoms with Crippen molar-refractivity contribution in [2.45, 2.75) is 22.9 Å². The Morgan fingerprint density at radius 2 is 1.02 bits per heavy atom. The normalized spacial score (nSPS) is 11.4. The summed E-state index contributed by atoms with van der Waals surface area (Å²) in [6.45, 7) is 0.680. The average Bonchev–Trinajstić information content (AvgIpc) is 0.940. The van der Waals surface area contributed by atoms with Gasteiger partial charge in [0, 0.05) is 53.7 Å². The van der Waals surface area contributed by atoms with Crippen molar-refractivity contribution >= 4 is 85.4 Å². The van der Waals surface area contributed by atoms with Gasteiger partial charge < -0.3 is 38.2 Å². The van der Waals surface area contributed by atoms with Crippen molar-refractivity contribution < 1.29 is 80.5 Å². The molecule has 0 atom stereocenters. The van der Waals surface area contributed by atoms with Crippen LogP contribution in [0, 0.1) is 40.7 Å². The molecule has 3 N–H and O–H groups in total. The second-order valence-electron chi connectivity index (χ2n) is 18.2. The molecule has 11 aromatic rings. The first-order valence-corrected chi connectivity index (χ1v) is 29.3. The van der Waals surface area contributed by atoms with E-state index in [0.29, 0.717) is 16.7 Å². The lowest BCUT2D eigenvalue weighted by molar-refractivity contribution is 0.346. The highest BCUT2D eigenvalue weighted by Crippen LogP contribution is 2.36. The van der Waals surface area contributed by atoms with Crippen LogP contribution < -0.4 is 34.4 Å².